The molecule has 0 aliphatic heterocycles. The Balaban J connectivity index is 0. The zero-order valence-corrected chi connectivity index (χ0v) is 13.5. The van der Waals surface area contributed by atoms with Crippen LogP contribution in [0.15, 0.2) is 24.4 Å². The molecule has 0 saturated carbocycles. The predicted molar refractivity (Wildman–Crippen MR) is 46.2 cm³/mol. The monoisotopic (exact) mass is 419 g/mol. The van der Waals surface area contributed by atoms with Gasteiger partial charge in [-0.1, -0.05) is 23.8 Å². The summed E-state index contributed by atoms with van der Waals surface area (Å²) >= 11 is 0. The van der Waals surface area contributed by atoms with E-state index in [1.54, 1.807) is 6.20 Å². The van der Waals surface area contributed by atoms with Crippen LogP contribution in [-0.2, 0) is 53.8 Å². The molecular weight excluding hydrogens is 409 g/mol. The van der Waals surface area contributed by atoms with E-state index < -0.39 is 0 Å². The molecule has 2 nitrogen and oxygen atoms in total. The molecular formula is C9H10N2WY-2. The number of hydrogen-bond donors (Lipinski definition) is 0. The van der Waals surface area contributed by atoms with Crippen molar-refractivity contribution in [3.8, 4) is 0 Å². The molecule has 2 aromatic rings. The fraction of sp³-hybridized carbons (Fsp3) is 0.111. The number of aromatic nitrogens is 2. The summed E-state index contributed by atoms with van der Waals surface area (Å²) in [7, 11) is 0. The Morgan fingerprint density at radius 3 is 2.69 bits per heavy atom. The molecule has 13 heavy (non-hydrogen) atoms. The van der Waals surface area contributed by atoms with Crippen molar-refractivity contribution >= 4 is 10.9 Å². The number of aryl methyl sites for hydroxylation is 1. The smallest absolute Gasteiger partial charge is 0.00987 e. The fourth-order valence-corrected chi connectivity index (χ4v) is 1.02. The summed E-state index contributed by atoms with van der Waals surface area (Å²) in [5.41, 5.74) is 2.23. The summed E-state index contributed by atoms with van der Waals surface area (Å²) in [6.45, 7) is 2.06. The number of benzene rings is 1. The minimum absolute atomic E-state index is 0. The second kappa shape index (κ2) is 6.87. The van der Waals surface area contributed by atoms with E-state index in [1.165, 1.54) is 5.56 Å². The first-order valence-corrected chi connectivity index (χ1v) is 3.21. The first-order valence-electron chi connectivity index (χ1n) is 3.21. The van der Waals surface area contributed by atoms with Crippen molar-refractivity contribution in [2.75, 3.05) is 0 Å². The van der Waals surface area contributed by atoms with Crippen molar-refractivity contribution in [2.24, 2.45) is 0 Å². The van der Waals surface area contributed by atoms with Crippen LogP contribution in [0.25, 0.3) is 10.9 Å². The van der Waals surface area contributed by atoms with Crippen molar-refractivity contribution in [3.05, 3.63) is 37.4 Å². The minimum Gasteiger partial charge on any atom is -0.575 e. The Kier molecular flexibility index (Phi) is 8.41. The molecule has 0 unspecified atom stereocenters. The third-order valence-corrected chi connectivity index (χ3v) is 1.55. The van der Waals surface area contributed by atoms with Gasteiger partial charge in [0, 0.05) is 60.0 Å². The van der Waals surface area contributed by atoms with E-state index in [0.29, 0.717) is 0 Å². The molecule has 0 fully saturated rings. The minimum atomic E-state index is 0. The predicted octanol–water partition coefficient (Wildman–Crippen LogP) is 1.95. The van der Waals surface area contributed by atoms with Gasteiger partial charge in [-0.15, -0.1) is 5.52 Å². The summed E-state index contributed by atoms with van der Waals surface area (Å²) in [5, 5.41) is 8.83. The van der Waals surface area contributed by atoms with Crippen LogP contribution in [0.4, 0.5) is 0 Å². The molecule has 1 aromatic carbocycles. The van der Waals surface area contributed by atoms with Gasteiger partial charge in [0.05, 0.1) is 0 Å². The second-order valence-corrected chi connectivity index (χ2v) is 2.41. The number of nitrogens with zero attached hydrogens (tertiary/aromatic N) is 2. The molecule has 67 valence electrons. The average molecular weight is 419 g/mol. The molecule has 0 saturated heterocycles. The Bertz CT molecular complexity index is 359. The fourth-order valence-electron chi connectivity index (χ4n) is 1.02. The average Bonchev–Trinajstić information content (AvgIpc) is 2.33. The van der Waals surface area contributed by atoms with E-state index >= 15 is 0 Å². The molecule has 4 heteroatoms. The van der Waals surface area contributed by atoms with Crippen molar-refractivity contribution in [1.29, 1.82) is 0 Å². The summed E-state index contributed by atoms with van der Waals surface area (Å²) in [5.74, 6) is 0. The standard InChI is InChI=1S/C8H7N2.CH3.W.Y/c1-6-2-3-8-7(4-6)5-9-10-8;;;/h2-5H,1H3;1H3;;/q2*-1;;. The molecule has 0 amide bonds. The molecule has 0 aliphatic rings. The maximum Gasteiger partial charge on any atom is 0.00987 e. The van der Waals surface area contributed by atoms with Crippen LogP contribution in [0.5, 0.6) is 0 Å². The largest absolute Gasteiger partial charge is 0.575 e. The summed E-state index contributed by atoms with van der Waals surface area (Å²) < 4.78 is 0. The Morgan fingerprint density at radius 1 is 1.31 bits per heavy atom. The third kappa shape index (κ3) is 3.61. The van der Waals surface area contributed by atoms with Gasteiger partial charge in [-0.2, -0.15) is 0 Å². The maximum absolute atomic E-state index is 3.91. The molecule has 0 bridgehead atoms. The SMILES string of the molecule is Cc1ccc2[n-]ncc2c1.[CH3-].[W].[Y]. The van der Waals surface area contributed by atoms with Crippen LogP contribution >= 0.6 is 0 Å². The number of rotatable bonds is 0. The molecule has 2 rings (SSSR count). The van der Waals surface area contributed by atoms with Crippen molar-refractivity contribution in [3.63, 3.8) is 0 Å². The topological polar surface area (TPSA) is 27.0 Å². The number of fused-ring (bicyclic) bond motifs is 1. The first-order chi connectivity index (χ1) is 4.86. The third-order valence-electron chi connectivity index (χ3n) is 1.55. The van der Waals surface area contributed by atoms with Crippen molar-refractivity contribution in [1.82, 2.24) is 10.2 Å². The molecule has 0 N–H and O–H groups in total. The van der Waals surface area contributed by atoms with Crippen LogP contribution in [0, 0.1) is 14.4 Å². The first kappa shape index (κ1) is 15.9. The van der Waals surface area contributed by atoms with E-state index in [9.17, 15) is 0 Å². The zero-order valence-electron chi connectivity index (χ0n) is 7.69. The summed E-state index contributed by atoms with van der Waals surface area (Å²) in [4.78, 5) is 0. The Hall–Kier alpha value is 0.482. The Labute approximate surface area is 118 Å². The normalized spacial score (nSPS) is 8.08. The van der Waals surface area contributed by atoms with Gasteiger partial charge in [0.2, 0.25) is 0 Å². The van der Waals surface area contributed by atoms with Crippen LogP contribution in [0.2, 0.25) is 0 Å². The van der Waals surface area contributed by atoms with Gasteiger partial charge in [-0.3, -0.25) is 0 Å². The second-order valence-electron chi connectivity index (χ2n) is 2.41. The summed E-state index contributed by atoms with van der Waals surface area (Å²) in [6, 6.07) is 6.10. The van der Waals surface area contributed by atoms with Gasteiger partial charge in [0.15, 0.2) is 0 Å². The molecule has 1 aromatic heterocycles. The van der Waals surface area contributed by atoms with E-state index in [1.807, 2.05) is 12.1 Å². The van der Waals surface area contributed by atoms with E-state index in [0.717, 1.165) is 10.9 Å². The van der Waals surface area contributed by atoms with Crippen LogP contribution in [0.1, 0.15) is 5.56 Å². The molecule has 0 spiro atoms. The van der Waals surface area contributed by atoms with Crippen LogP contribution in [0.3, 0.4) is 0 Å². The van der Waals surface area contributed by atoms with Crippen LogP contribution < -0.4 is 5.10 Å². The summed E-state index contributed by atoms with van der Waals surface area (Å²) in [6.07, 6.45) is 1.78. The van der Waals surface area contributed by atoms with Crippen molar-refractivity contribution in [2.45, 2.75) is 6.92 Å². The van der Waals surface area contributed by atoms with E-state index in [4.69, 9.17) is 0 Å². The van der Waals surface area contributed by atoms with Gasteiger partial charge in [-0.05, 0) is 12.3 Å². The quantitative estimate of drug-likeness (QED) is 0.611. The molecule has 0 aliphatic carbocycles. The van der Waals surface area contributed by atoms with E-state index in [2.05, 4.69) is 23.2 Å². The zero-order chi connectivity index (χ0) is 6.97. The van der Waals surface area contributed by atoms with Gasteiger partial charge in [0.25, 0.3) is 0 Å². The molecule has 1 heterocycles. The van der Waals surface area contributed by atoms with Gasteiger partial charge >= 0.3 is 0 Å². The van der Waals surface area contributed by atoms with Gasteiger partial charge in [0.1, 0.15) is 0 Å². The van der Waals surface area contributed by atoms with Gasteiger partial charge in [-0.25, -0.2) is 0 Å². The molecule has 1 radical (unpaired) electrons. The van der Waals surface area contributed by atoms with E-state index in [-0.39, 0.29) is 61.2 Å². The van der Waals surface area contributed by atoms with Gasteiger partial charge < -0.3 is 17.6 Å². The maximum atomic E-state index is 3.91. The van der Waals surface area contributed by atoms with Crippen molar-refractivity contribution < 1.29 is 53.8 Å². The number of hydrogen-bond acceptors (Lipinski definition) is 1. The van der Waals surface area contributed by atoms with Crippen LogP contribution in [-0.4, -0.2) is 5.10 Å². The Morgan fingerprint density at radius 2 is 2.00 bits per heavy atom. The molecule has 0 atom stereocenters.